The van der Waals surface area contributed by atoms with Crippen LogP contribution in [-0.4, -0.2) is 9.55 Å². The molecule has 0 spiro atoms. The van der Waals surface area contributed by atoms with Gasteiger partial charge in [-0.05, 0) is 18.2 Å². The van der Waals surface area contributed by atoms with Gasteiger partial charge >= 0.3 is 5.69 Å². The number of aromatic amines is 1. The van der Waals surface area contributed by atoms with Crippen molar-refractivity contribution in [3.63, 3.8) is 0 Å². The summed E-state index contributed by atoms with van der Waals surface area (Å²) in [5.74, 6) is 0. The summed E-state index contributed by atoms with van der Waals surface area (Å²) in [6.45, 7) is 0. The van der Waals surface area contributed by atoms with E-state index in [4.69, 9.17) is 10.5 Å². The van der Waals surface area contributed by atoms with Crippen molar-refractivity contribution < 1.29 is 0 Å². The molecule has 1 heterocycles. The first-order chi connectivity index (χ1) is 7.76. The summed E-state index contributed by atoms with van der Waals surface area (Å²) in [4.78, 5) is 13.8. The van der Waals surface area contributed by atoms with Crippen LogP contribution in [-0.2, 0) is 0 Å². The van der Waals surface area contributed by atoms with Gasteiger partial charge in [-0.1, -0.05) is 0 Å². The van der Waals surface area contributed by atoms with Crippen molar-refractivity contribution in [1.29, 1.82) is 10.5 Å². The fraction of sp³-hybridized carbons (Fsp3) is 0. The van der Waals surface area contributed by atoms with Gasteiger partial charge in [0.15, 0.2) is 0 Å². The van der Waals surface area contributed by atoms with E-state index in [1.165, 1.54) is 22.9 Å². The maximum Gasteiger partial charge on any atom is 0.330 e. The Morgan fingerprint density at radius 3 is 2.50 bits per heavy atom. The highest BCUT2D eigenvalue weighted by Crippen LogP contribution is 2.12. The molecule has 1 aromatic carbocycles. The predicted molar refractivity (Wildman–Crippen MR) is 55.8 cm³/mol. The highest BCUT2D eigenvalue weighted by atomic mass is 16.1. The van der Waals surface area contributed by atoms with Gasteiger partial charge in [0.05, 0.1) is 16.8 Å². The van der Waals surface area contributed by atoms with Crippen molar-refractivity contribution >= 4 is 0 Å². The molecule has 0 saturated heterocycles. The fourth-order valence-electron chi connectivity index (χ4n) is 1.40. The number of benzene rings is 1. The van der Waals surface area contributed by atoms with Crippen molar-refractivity contribution in [2.24, 2.45) is 0 Å². The zero-order valence-corrected chi connectivity index (χ0v) is 8.14. The topological polar surface area (TPSA) is 85.4 Å². The van der Waals surface area contributed by atoms with Crippen LogP contribution in [0, 0.1) is 22.7 Å². The molecule has 0 aliphatic rings. The van der Waals surface area contributed by atoms with Crippen LogP contribution in [0.3, 0.4) is 0 Å². The van der Waals surface area contributed by atoms with Crippen LogP contribution in [0.25, 0.3) is 5.69 Å². The molecular formula is C11H6N4O. The molecule has 76 valence electrons. The zero-order valence-electron chi connectivity index (χ0n) is 8.14. The Morgan fingerprint density at radius 1 is 1.19 bits per heavy atom. The summed E-state index contributed by atoms with van der Waals surface area (Å²) in [6.07, 6.45) is 3.07. The zero-order chi connectivity index (χ0) is 11.5. The second kappa shape index (κ2) is 3.76. The minimum absolute atomic E-state index is 0.258. The first-order valence-electron chi connectivity index (χ1n) is 4.47. The van der Waals surface area contributed by atoms with Gasteiger partial charge < -0.3 is 4.98 Å². The lowest BCUT2D eigenvalue weighted by Crippen LogP contribution is -2.14. The van der Waals surface area contributed by atoms with E-state index in [-0.39, 0.29) is 11.3 Å². The second-order valence-corrected chi connectivity index (χ2v) is 3.09. The first-order valence-corrected chi connectivity index (χ1v) is 4.47. The van der Waals surface area contributed by atoms with Crippen LogP contribution < -0.4 is 5.69 Å². The van der Waals surface area contributed by atoms with Gasteiger partial charge in [-0.15, -0.1) is 0 Å². The lowest BCUT2D eigenvalue weighted by molar-refractivity contribution is 0.986. The van der Waals surface area contributed by atoms with Crippen LogP contribution in [0.2, 0.25) is 0 Å². The minimum atomic E-state index is -0.284. The molecule has 1 aromatic heterocycles. The molecule has 0 radical (unpaired) electrons. The molecular weight excluding hydrogens is 204 g/mol. The number of H-pyrrole nitrogens is 1. The van der Waals surface area contributed by atoms with Crippen LogP contribution in [0.1, 0.15) is 11.1 Å². The SMILES string of the molecule is N#Cc1ccc(-n2cc[nH]c2=O)cc1C#N. The van der Waals surface area contributed by atoms with Crippen LogP contribution >= 0.6 is 0 Å². The molecule has 2 rings (SSSR count). The number of nitrogens with one attached hydrogen (secondary N) is 1. The lowest BCUT2D eigenvalue weighted by Gasteiger charge is -2.01. The van der Waals surface area contributed by atoms with E-state index in [9.17, 15) is 4.79 Å². The Hall–Kier alpha value is -2.79. The van der Waals surface area contributed by atoms with E-state index >= 15 is 0 Å². The molecule has 0 bridgehead atoms. The van der Waals surface area contributed by atoms with E-state index in [0.717, 1.165) is 0 Å². The molecule has 0 aliphatic carbocycles. The quantitative estimate of drug-likeness (QED) is 0.758. The predicted octanol–water partition coefficient (Wildman–Crippen LogP) is 0.909. The van der Waals surface area contributed by atoms with Crippen molar-refractivity contribution in [3.8, 4) is 17.8 Å². The monoisotopic (exact) mass is 210 g/mol. The van der Waals surface area contributed by atoms with Crippen molar-refractivity contribution in [1.82, 2.24) is 9.55 Å². The number of aromatic nitrogens is 2. The van der Waals surface area contributed by atoms with E-state index < -0.39 is 0 Å². The molecule has 0 unspecified atom stereocenters. The molecule has 0 atom stereocenters. The van der Waals surface area contributed by atoms with E-state index in [1.54, 1.807) is 12.3 Å². The second-order valence-electron chi connectivity index (χ2n) is 3.09. The number of hydrogen-bond acceptors (Lipinski definition) is 3. The molecule has 0 aliphatic heterocycles. The van der Waals surface area contributed by atoms with Crippen LogP contribution in [0.5, 0.6) is 0 Å². The van der Waals surface area contributed by atoms with Crippen molar-refractivity contribution in [2.45, 2.75) is 0 Å². The third-order valence-corrected chi connectivity index (χ3v) is 2.17. The summed E-state index contributed by atoms with van der Waals surface area (Å²) in [7, 11) is 0. The van der Waals surface area contributed by atoms with E-state index in [2.05, 4.69) is 4.98 Å². The van der Waals surface area contributed by atoms with Gasteiger partial charge in [-0.2, -0.15) is 10.5 Å². The van der Waals surface area contributed by atoms with Gasteiger partial charge in [0.1, 0.15) is 12.1 Å². The van der Waals surface area contributed by atoms with Gasteiger partial charge in [0.2, 0.25) is 0 Å². The standard InChI is InChI=1S/C11H6N4O/c12-6-8-1-2-10(5-9(8)7-13)15-4-3-14-11(15)16/h1-5H,(H,14,16). The molecule has 5 nitrogen and oxygen atoms in total. The van der Waals surface area contributed by atoms with E-state index in [0.29, 0.717) is 11.3 Å². The minimum Gasteiger partial charge on any atom is -0.312 e. The number of hydrogen-bond donors (Lipinski definition) is 1. The average molecular weight is 210 g/mol. The van der Waals surface area contributed by atoms with Crippen molar-refractivity contribution in [3.05, 3.63) is 52.2 Å². The molecule has 2 aromatic rings. The number of rotatable bonds is 1. The van der Waals surface area contributed by atoms with Crippen LogP contribution in [0.4, 0.5) is 0 Å². The number of nitrogens with zero attached hydrogens (tertiary/aromatic N) is 3. The number of imidazole rings is 1. The van der Waals surface area contributed by atoms with Gasteiger partial charge in [0.25, 0.3) is 0 Å². The molecule has 5 heteroatoms. The van der Waals surface area contributed by atoms with Gasteiger partial charge in [0, 0.05) is 12.4 Å². The summed E-state index contributed by atoms with van der Waals surface area (Å²) in [5, 5.41) is 17.6. The largest absolute Gasteiger partial charge is 0.330 e. The van der Waals surface area contributed by atoms with Gasteiger partial charge in [-0.3, -0.25) is 4.57 Å². The Kier molecular flexibility index (Phi) is 2.29. The summed E-state index contributed by atoms with van der Waals surface area (Å²) >= 11 is 0. The van der Waals surface area contributed by atoms with Crippen LogP contribution in [0.15, 0.2) is 35.4 Å². The van der Waals surface area contributed by atoms with E-state index in [1.807, 2.05) is 12.1 Å². The third kappa shape index (κ3) is 1.47. The Bertz CT molecular complexity index is 666. The Morgan fingerprint density at radius 2 is 1.94 bits per heavy atom. The maximum atomic E-state index is 11.3. The fourth-order valence-corrected chi connectivity index (χ4v) is 1.40. The lowest BCUT2D eigenvalue weighted by atomic mass is 10.1. The summed E-state index contributed by atoms with van der Waals surface area (Å²) < 4.78 is 1.36. The maximum absolute atomic E-state index is 11.3. The molecule has 0 saturated carbocycles. The average Bonchev–Trinajstić information content (AvgIpc) is 2.74. The van der Waals surface area contributed by atoms with Gasteiger partial charge in [-0.25, -0.2) is 4.79 Å². The van der Waals surface area contributed by atoms with Crippen molar-refractivity contribution in [2.75, 3.05) is 0 Å². The smallest absolute Gasteiger partial charge is 0.312 e. The Labute approximate surface area is 90.8 Å². The molecule has 0 fully saturated rings. The molecule has 0 amide bonds. The number of nitriles is 2. The summed E-state index contributed by atoms with van der Waals surface area (Å²) in [5.41, 5.74) is 0.832. The molecule has 1 N–H and O–H groups in total. The highest BCUT2D eigenvalue weighted by Gasteiger charge is 2.05. The third-order valence-electron chi connectivity index (χ3n) is 2.17. The molecule has 16 heavy (non-hydrogen) atoms. The first kappa shape index (κ1) is 9.75. The summed E-state index contributed by atoms with van der Waals surface area (Å²) in [6, 6.07) is 8.48. The highest BCUT2D eigenvalue weighted by molar-refractivity contribution is 5.51. The Balaban J connectivity index is 2.63. The normalized spacial score (nSPS) is 9.38.